The summed E-state index contributed by atoms with van der Waals surface area (Å²) in [4.78, 5) is 26.7. The summed E-state index contributed by atoms with van der Waals surface area (Å²) in [6, 6.07) is 13.0. The molecule has 3 atom stereocenters. The molecular weight excluding hydrogens is 528 g/mol. The van der Waals surface area contributed by atoms with Crippen LogP contribution in [0.1, 0.15) is 44.4 Å². The fourth-order valence-corrected chi connectivity index (χ4v) is 6.57. The van der Waals surface area contributed by atoms with E-state index >= 15 is 0 Å². The van der Waals surface area contributed by atoms with Crippen LogP contribution in [-0.4, -0.2) is 73.3 Å². The van der Waals surface area contributed by atoms with Gasteiger partial charge in [0.2, 0.25) is 6.04 Å². The number of piperazine rings is 1. The van der Waals surface area contributed by atoms with E-state index < -0.39 is 23.7 Å². The van der Waals surface area contributed by atoms with Crippen molar-refractivity contribution < 1.29 is 18.2 Å². The zero-order chi connectivity index (χ0) is 28.4. The molecule has 1 fully saturated rings. The maximum Gasteiger partial charge on any atom is 0.355 e. The molecule has 0 spiro atoms. The van der Waals surface area contributed by atoms with Crippen LogP contribution in [0.25, 0.3) is 11.4 Å². The molecule has 210 valence electrons. The summed E-state index contributed by atoms with van der Waals surface area (Å²) in [7, 11) is 0. The summed E-state index contributed by atoms with van der Waals surface area (Å²) in [5.74, 6) is 1.55. The van der Waals surface area contributed by atoms with Crippen molar-refractivity contribution in [1.29, 1.82) is 0 Å². The second-order valence-corrected chi connectivity index (χ2v) is 11.9. The maximum atomic E-state index is 15.0. The second kappa shape index (κ2) is 12.1. The summed E-state index contributed by atoms with van der Waals surface area (Å²) in [6.45, 7) is 7.83. The zero-order valence-corrected chi connectivity index (χ0v) is 24.2. The van der Waals surface area contributed by atoms with Gasteiger partial charge in [0.1, 0.15) is 24.2 Å². The van der Waals surface area contributed by atoms with Gasteiger partial charge < -0.3 is 0 Å². The Morgan fingerprint density at radius 3 is 2.33 bits per heavy atom. The Labute approximate surface area is 239 Å². The number of carbonyl (C=O) groups excluding carboxylic acids is 1. The van der Waals surface area contributed by atoms with Crippen LogP contribution in [0.3, 0.4) is 0 Å². The standard InChI is InChI=1S/C31H36F2N5OS/c1-20(2)30-37(18-22-9-11-23(12-10-22)29-34-14-6-15-35-29)31(39)27-19-36(17-21(3)38(27)30)26(13-16-40-4)28-24(32)7-5-8-25(28)33/h5-12,14-15,20-21,26-27H,13,16-19H2,1-4H3/q+1. The van der Waals surface area contributed by atoms with Crippen molar-refractivity contribution >= 4 is 23.5 Å². The van der Waals surface area contributed by atoms with Crippen LogP contribution in [0.4, 0.5) is 8.78 Å². The van der Waals surface area contributed by atoms with E-state index in [2.05, 4.69) is 40.2 Å². The second-order valence-electron chi connectivity index (χ2n) is 10.9. The molecule has 3 unspecified atom stereocenters. The minimum atomic E-state index is -0.528. The van der Waals surface area contributed by atoms with Crippen molar-refractivity contribution in [3.63, 3.8) is 0 Å². The number of hydrogen-bond donors (Lipinski definition) is 0. The van der Waals surface area contributed by atoms with Crippen molar-refractivity contribution in [2.75, 3.05) is 25.1 Å². The van der Waals surface area contributed by atoms with Crippen molar-refractivity contribution in [2.45, 2.75) is 51.9 Å². The van der Waals surface area contributed by atoms with E-state index in [1.54, 1.807) is 30.2 Å². The summed E-state index contributed by atoms with van der Waals surface area (Å²) in [5, 5.41) is 0. The Balaban J connectivity index is 1.42. The number of nitrogens with zero attached hydrogens (tertiary/aromatic N) is 5. The number of carbonyl (C=O) groups is 1. The normalized spacial score (nSPS) is 20.4. The third-order valence-electron chi connectivity index (χ3n) is 7.81. The van der Waals surface area contributed by atoms with Crippen LogP contribution in [0.2, 0.25) is 0 Å². The molecule has 1 amide bonds. The molecule has 40 heavy (non-hydrogen) atoms. The smallest absolute Gasteiger partial charge is 0.287 e. The number of hydrogen-bond acceptors (Lipinski definition) is 5. The van der Waals surface area contributed by atoms with Gasteiger partial charge in [0.25, 0.3) is 5.84 Å². The first-order valence-electron chi connectivity index (χ1n) is 13.8. The predicted octanol–water partition coefficient (Wildman–Crippen LogP) is 5.40. The van der Waals surface area contributed by atoms with Gasteiger partial charge in [-0.25, -0.2) is 28.1 Å². The van der Waals surface area contributed by atoms with Gasteiger partial charge in [-0.3, -0.25) is 4.90 Å². The lowest BCUT2D eigenvalue weighted by atomic mass is 9.97. The minimum Gasteiger partial charge on any atom is -0.287 e. The monoisotopic (exact) mass is 564 g/mol. The molecule has 0 bridgehead atoms. The maximum absolute atomic E-state index is 15.0. The zero-order valence-electron chi connectivity index (χ0n) is 23.4. The van der Waals surface area contributed by atoms with Crippen LogP contribution in [-0.2, 0) is 11.3 Å². The Morgan fingerprint density at radius 1 is 1.02 bits per heavy atom. The Morgan fingerprint density at radius 2 is 1.70 bits per heavy atom. The quantitative estimate of drug-likeness (QED) is 0.326. The molecule has 0 radical (unpaired) electrons. The average Bonchev–Trinajstić information content (AvgIpc) is 3.23. The fraction of sp³-hybridized carbons (Fsp3) is 0.419. The van der Waals surface area contributed by atoms with Crippen LogP contribution < -0.4 is 0 Å². The summed E-state index contributed by atoms with van der Waals surface area (Å²) >= 11 is 1.66. The molecule has 1 saturated heterocycles. The Kier molecular flexibility index (Phi) is 8.61. The highest BCUT2D eigenvalue weighted by Crippen LogP contribution is 2.34. The van der Waals surface area contributed by atoms with Gasteiger partial charge >= 0.3 is 5.91 Å². The van der Waals surface area contributed by atoms with E-state index in [1.165, 1.54) is 18.2 Å². The van der Waals surface area contributed by atoms with Gasteiger partial charge in [-0.2, -0.15) is 16.7 Å². The number of benzene rings is 2. The Bertz CT molecular complexity index is 1360. The molecule has 0 N–H and O–H groups in total. The van der Waals surface area contributed by atoms with Gasteiger partial charge in [0, 0.05) is 36.1 Å². The van der Waals surface area contributed by atoms with Crippen LogP contribution in [0.15, 0.2) is 60.9 Å². The highest BCUT2D eigenvalue weighted by Gasteiger charge is 2.53. The van der Waals surface area contributed by atoms with Crippen molar-refractivity contribution in [2.24, 2.45) is 5.92 Å². The van der Waals surface area contributed by atoms with E-state index in [9.17, 15) is 13.6 Å². The Hall–Kier alpha value is -3.17. The van der Waals surface area contributed by atoms with Gasteiger partial charge in [-0.15, -0.1) is 0 Å². The van der Waals surface area contributed by atoms with Crippen molar-refractivity contribution in [1.82, 2.24) is 19.8 Å². The molecule has 3 aromatic rings. The van der Waals surface area contributed by atoms with Crippen molar-refractivity contribution in [3.05, 3.63) is 83.7 Å². The first kappa shape index (κ1) is 28.4. The minimum absolute atomic E-state index is 0.00863. The molecule has 6 nitrogen and oxygen atoms in total. The molecule has 9 heteroatoms. The van der Waals surface area contributed by atoms with E-state index in [4.69, 9.17) is 0 Å². The highest BCUT2D eigenvalue weighted by molar-refractivity contribution is 7.98. The fourth-order valence-electron chi connectivity index (χ4n) is 6.12. The lowest BCUT2D eigenvalue weighted by molar-refractivity contribution is -0.595. The first-order chi connectivity index (χ1) is 19.3. The number of rotatable bonds is 9. The SMILES string of the molecule is CSCCC(c1c(F)cccc1F)N1CC(C)[N+]2=C(C(C)C)N(Cc3ccc(-c4ncccn4)cc3)C(=O)C2C1. The topological polar surface area (TPSA) is 52.3 Å². The third kappa shape index (κ3) is 5.54. The molecule has 0 saturated carbocycles. The summed E-state index contributed by atoms with van der Waals surface area (Å²) < 4.78 is 32.2. The molecule has 2 aliphatic rings. The molecule has 0 aliphatic carbocycles. The average molecular weight is 565 g/mol. The molecule has 2 aliphatic heterocycles. The van der Waals surface area contributed by atoms with Crippen LogP contribution in [0.5, 0.6) is 0 Å². The number of halogens is 2. The summed E-state index contributed by atoms with van der Waals surface area (Å²) in [6.07, 6.45) is 6.04. The number of fused-ring (bicyclic) bond motifs is 1. The lowest BCUT2D eigenvalue weighted by Crippen LogP contribution is -2.55. The van der Waals surface area contributed by atoms with Gasteiger partial charge in [0.05, 0.1) is 12.5 Å². The van der Waals surface area contributed by atoms with Gasteiger partial charge in [-0.1, -0.05) is 44.2 Å². The number of amides is 1. The molecule has 5 rings (SSSR count). The molecule has 3 heterocycles. The van der Waals surface area contributed by atoms with Crippen LogP contribution >= 0.6 is 11.8 Å². The summed E-state index contributed by atoms with van der Waals surface area (Å²) in [5.41, 5.74) is 2.04. The third-order valence-corrected chi connectivity index (χ3v) is 8.46. The van der Waals surface area contributed by atoms with E-state index in [1.807, 2.05) is 35.4 Å². The lowest BCUT2D eigenvalue weighted by Gasteiger charge is -2.39. The number of aromatic nitrogens is 2. The van der Waals surface area contributed by atoms with E-state index in [0.717, 1.165) is 22.7 Å². The highest BCUT2D eigenvalue weighted by atomic mass is 32.2. The number of thioether (sulfide) groups is 1. The van der Waals surface area contributed by atoms with Crippen LogP contribution in [0, 0.1) is 17.6 Å². The predicted molar refractivity (Wildman–Crippen MR) is 155 cm³/mol. The van der Waals surface area contributed by atoms with E-state index in [-0.39, 0.29) is 23.4 Å². The molecule has 2 aromatic carbocycles. The molecular formula is C31H36F2N5OS+. The van der Waals surface area contributed by atoms with Crippen molar-refractivity contribution in [3.8, 4) is 11.4 Å². The van der Waals surface area contributed by atoms with Gasteiger partial charge in [-0.05, 0) is 49.1 Å². The number of amidine groups is 1. The van der Waals surface area contributed by atoms with Gasteiger partial charge in [0.15, 0.2) is 5.82 Å². The van der Waals surface area contributed by atoms with E-state index in [0.29, 0.717) is 31.9 Å². The molecule has 1 aromatic heterocycles. The largest absolute Gasteiger partial charge is 0.355 e. The first-order valence-corrected chi connectivity index (χ1v) is 15.2.